The molecule has 0 spiro atoms. The number of rotatable bonds is 7. The smallest absolute Gasteiger partial charge is 0.258 e. The molecule has 0 aliphatic heterocycles. The van der Waals surface area contributed by atoms with Crippen LogP contribution in [0.4, 0.5) is 0 Å². The first-order chi connectivity index (χ1) is 9.08. The summed E-state index contributed by atoms with van der Waals surface area (Å²) in [5.74, 6) is 0.212. The Morgan fingerprint density at radius 1 is 1.53 bits per heavy atom. The number of para-hydroxylation sites is 1. The number of carbonyl (C=O) groups excluding carboxylic acids is 2. The highest BCUT2D eigenvalue weighted by molar-refractivity contribution is 9.10. The van der Waals surface area contributed by atoms with E-state index < -0.39 is 0 Å². The largest absolute Gasteiger partial charge is 0.482 e. The van der Waals surface area contributed by atoms with Crippen LogP contribution in [0.25, 0.3) is 0 Å². The van der Waals surface area contributed by atoms with Gasteiger partial charge in [0.25, 0.3) is 5.91 Å². The van der Waals surface area contributed by atoms with E-state index in [1.165, 1.54) is 0 Å². The third kappa shape index (κ3) is 5.03. The fourth-order valence-electron chi connectivity index (χ4n) is 1.73. The van der Waals surface area contributed by atoms with Crippen LogP contribution in [0.3, 0.4) is 0 Å². The van der Waals surface area contributed by atoms with Gasteiger partial charge in [-0.25, -0.2) is 0 Å². The van der Waals surface area contributed by atoms with Crippen LogP contribution in [0.15, 0.2) is 22.7 Å². The average Bonchev–Trinajstić information content (AvgIpc) is 2.37. The molecular weight excluding hydrogens is 310 g/mol. The zero-order valence-electron chi connectivity index (χ0n) is 11.1. The third-order valence-corrected chi connectivity index (χ3v) is 3.23. The molecule has 0 radical (unpaired) electrons. The second-order valence-electron chi connectivity index (χ2n) is 4.32. The summed E-state index contributed by atoms with van der Waals surface area (Å²) in [4.78, 5) is 22.6. The zero-order valence-corrected chi connectivity index (χ0v) is 12.7. The number of benzene rings is 1. The summed E-state index contributed by atoms with van der Waals surface area (Å²) < 4.78 is 6.07. The molecule has 0 fully saturated rings. The first kappa shape index (κ1) is 15.7. The van der Waals surface area contributed by atoms with Crippen molar-refractivity contribution in [2.24, 2.45) is 0 Å². The maximum Gasteiger partial charge on any atom is 0.258 e. The molecule has 1 aromatic carbocycles. The van der Waals surface area contributed by atoms with Gasteiger partial charge < -0.3 is 10.1 Å². The number of hydrogen-bond donors (Lipinski definition) is 1. The van der Waals surface area contributed by atoms with Crippen LogP contribution in [0.1, 0.15) is 37.0 Å². The molecule has 0 saturated heterocycles. The van der Waals surface area contributed by atoms with Crippen LogP contribution >= 0.6 is 15.9 Å². The van der Waals surface area contributed by atoms with Gasteiger partial charge in [0.2, 0.25) is 0 Å². The lowest BCUT2D eigenvalue weighted by atomic mass is 10.2. The highest BCUT2D eigenvalue weighted by atomic mass is 79.9. The lowest BCUT2D eigenvalue weighted by molar-refractivity contribution is -0.123. The molecular formula is C14H18BrNO3. The van der Waals surface area contributed by atoms with Gasteiger partial charge in [0, 0.05) is 6.04 Å². The maximum atomic E-state index is 11.7. The molecule has 1 atom stereocenters. The molecule has 4 nitrogen and oxygen atoms in total. The van der Waals surface area contributed by atoms with Crippen molar-refractivity contribution in [1.82, 2.24) is 5.32 Å². The monoisotopic (exact) mass is 327 g/mol. The zero-order chi connectivity index (χ0) is 14.3. The molecule has 1 N–H and O–H groups in total. The van der Waals surface area contributed by atoms with E-state index >= 15 is 0 Å². The molecule has 0 aliphatic rings. The summed E-state index contributed by atoms with van der Waals surface area (Å²) in [6.45, 7) is 3.92. The number of ether oxygens (including phenoxy) is 1. The van der Waals surface area contributed by atoms with E-state index in [-0.39, 0.29) is 18.6 Å². The van der Waals surface area contributed by atoms with Gasteiger partial charge in [0.15, 0.2) is 12.9 Å². The Morgan fingerprint density at radius 3 is 2.89 bits per heavy atom. The van der Waals surface area contributed by atoms with Crippen molar-refractivity contribution in [3.63, 3.8) is 0 Å². The Morgan fingerprint density at radius 2 is 2.26 bits per heavy atom. The Balaban J connectivity index is 2.57. The first-order valence-electron chi connectivity index (χ1n) is 6.24. The van der Waals surface area contributed by atoms with Gasteiger partial charge in [-0.2, -0.15) is 0 Å². The molecule has 0 saturated carbocycles. The van der Waals surface area contributed by atoms with Crippen molar-refractivity contribution < 1.29 is 14.3 Å². The normalized spacial score (nSPS) is 11.7. The summed E-state index contributed by atoms with van der Waals surface area (Å²) >= 11 is 3.30. The molecule has 0 aromatic heterocycles. The van der Waals surface area contributed by atoms with Gasteiger partial charge in [-0.15, -0.1) is 0 Å². The number of nitrogens with one attached hydrogen (secondary N) is 1. The van der Waals surface area contributed by atoms with Gasteiger partial charge in [-0.05, 0) is 41.4 Å². The van der Waals surface area contributed by atoms with Crippen LogP contribution in [0, 0.1) is 0 Å². The van der Waals surface area contributed by atoms with Gasteiger partial charge in [-0.3, -0.25) is 9.59 Å². The molecule has 104 valence electrons. The molecule has 0 aliphatic carbocycles. The van der Waals surface area contributed by atoms with E-state index in [0.717, 1.165) is 12.8 Å². The first-order valence-corrected chi connectivity index (χ1v) is 7.03. The molecule has 1 aromatic rings. The minimum absolute atomic E-state index is 0.0997. The third-order valence-electron chi connectivity index (χ3n) is 2.60. The Kier molecular flexibility index (Phi) is 6.56. The highest BCUT2D eigenvalue weighted by Gasteiger charge is 2.11. The molecule has 1 amide bonds. The average molecular weight is 328 g/mol. The summed E-state index contributed by atoms with van der Waals surface area (Å²) in [6.07, 6.45) is 2.65. The van der Waals surface area contributed by atoms with Crippen LogP contribution in [0.5, 0.6) is 5.75 Å². The van der Waals surface area contributed by atoms with E-state index in [4.69, 9.17) is 4.74 Å². The van der Waals surface area contributed by atoms with Crippen molar-refractivity contribution in [2.75, 3.05) is 6.61 Å². The number of amides is 1. The molecule has 5 heteroatoms. The van der Waals surface area contributed by atoms with Gasteiger partial charge in [0.05, 0.1) is 10.0 Å². The fraction of sp³-hybridized carbons (Fsp3) is 0.429. The van der Waals surface area contributed by atoms with Crippen LogP contribution in [-0.2, 0) is 4.79 Å². The highest BCUT2D eigenvalue weighted by Crippen LogP contribution is 2.27. The number of halogens is 1. The molecule has 0 bridgehead atoms. The van der Waals surface area contributed by atoms with E-state index in [2.05, 4.69) is 28.2 Å². The summed E-state index contributed by atoms with van der Waals surface area (Å²) in [7, 11) is 0. The van der Waals surface area contributed by atoms with Crippen molar-refractivity contribution >= 4 is 28.1 Å². The van der Waals surface area contributed by atoms with E-state index in [1.807, 2.05) is 6.92 Å². The summed E-state index contributed by atoms with van der Waals surface area (Å²) in [5, 5.41) is 2.84. The van der Waals surface area contributed by atoms with Crippen molar-refractivity contribution in [3.8, 4) is 5.75 Å². The number of carbonyl (C=O) groups is 2. The Bertz CT molecular complexity index is 448. The molecule has 1 unspecified atom stereocenters. The van der Waals surface area contributed by atoms with Crippen LogP contribution < -0.4 is 10.1 Å². The second kappa shape index (κ2) is 7.94. The van der Waals surface area contributed by atoms with Crippen molar-refractivity contribution in [3.05, 3.63) is 28.2 Å². The quantitative estimate of drug-likeness (QED) is 0.783. The summed E-state index contributed by atoms with van der Waals surface area (Å²) in [5.41, 5.74) is 0.420. The number of aldehydes is 1. The molecule has 0 heterocycles. The predicted octanol–water partition coefficient (Wildman–Crippen LogP) is 2.95. The summed E-state index contributed by atoms with van der Waals surface area (Å²) in [6, 6.07) is 5.28. The molecule has 1 rings (SSSR count). The second-order valence-corrected chi connectivity index (χ2v) is 5.18. The number of hydrogen-bond acceptors (Lipinski definition) is 3. The van der Waals surface area contributed by atoms with Gasteiger partial charge in [-0.1, -0.05) is 19.4 Å². The standard InChI is InChI=1S/C14H18BrNO3/c1-3-5-10(2)16-13(18)9-19-14-11(8-17)6-4-7-12(14)15/h4,6-8,10H,3,5,9H2,1-2H3,(H,16,18). The van der Waals surface area contributed by atoms with Gasteiger partial charge in [0.1, 0.15) is 5.75 Å². The maximum absolute atomic E-state index is 11.7. The SMILES string of the molecule is CCCC(C)NC(=O)COc1c(Br)cccc1C=O. The molecule has 19 heavy (non-hydrogen) atoms. The van der Waals surface area contributed by atoms with Gasteiger partial charge >= 0.3 is 0 Å². The van der Waals surface area contributed by atoms with E-state index in [1.54, 1.807) is 18.2 Å². The fourth-order valence-corrected chi connectivity index (χ4v) is 2.23. The lowest BCUT2D eigenvalue weighted by Gasteiger charge is -2.14. The predicted molar refractivity (Wildman–Crippen MR) is 77.5 cm³/mol. The minimum Gasteiger partial charge on any atom is -0.482 e. The Labute approximate surface area is 121 Å². The van der Waals surface area contributed by atoms with Crippen molar-refractivity contribution in [2.45, 2.75) is 32.7 Å². The topological polar surface area (TPSA) is 55.4 Å². The van der Waals surface area contributed by atoms with E-state index in [0.29, 0.717) is 22.1 Å². The van der Waals surface area contributed by atoms with Crippen LogP contribution in [0.2, 0.25) is 0 Å². The minimum atomic E-state index is -0.187. The van der Waals surface area contributed by atoms with Crippen molar-refractivity contribution in [1.29, 1.82) is 0 Å². The Hall–Kier alpha value is -1.36. The van der Waals surface area contributed by atoms with E-state index in [9.17, 15) is 9.59 Å². The van der Waals surface area contributed by atoms with Crippen LogP contribution in [-0.4, -0.2) is 24.8 Å². The lowest BCUT2D eigenvalue weighted by Crippen LogP contribution is -2.36.